The third-order valence-electron chi connectivity index (χ3n) is 1.87. The molecule has 1 aromatic rings. The Morgan fingerprint density at radius 2 is 1.94 bits per heavy atom. The minimum absolute atomic E-state index is 0.296. The van der Waals surface area contributed by atoms with E-state index < -0.39 is 5.97 Å². The third kappa shape index (κ3) is 7.19. The molecule has 0 saturated heterocycles. The van der Waals surface area contributed by atoms with Gasteiger partial charge >= 0.3 is 5.97 Å². The Kier molecular flexibility index (Phi) is 8.86. The van der Waals surface area contributed by atoms with Crippen LogP contribution in [0.15, 0.2) is 61.7 Å². The number of methoxy groups -OCH3 is 1. The number of hydrogen-bond donors (Lipinski definition) is 1. The fourth-order valence-corrected chi connectivity index (χ4v) is 1.12. The third-order valence-corrected chi connectivity index (χ3v) is 1.87. The van der Waals surface area contributed by atoms with Crippen LogP contribution >= 0.6 is 0 Å². The van der Waals surface area contributed by atoms with Gasteiger partial charge in [-0.2, -0.15) is 0 Å². The van der Waals surface area contributed by atoms with E-state index in [1.165, 1.54) is 0 Å². The van der Waals surface area contributed by atoms with Crippen molar-refractivity contribution in [2.24, 2.45) is 0 Å². The lowest BCUT2D eigenvalue weighted by molar-refractivity contribution is 0.0696. The molecule has 18 heavy (non-hydrogen) atoms. The molecule has 0 saturated carbocycles. The van der Waals surface area contributed by atoms with Crippen molar-refractivity contribution in [2.45, 2.75) is 6.61 Å². The molecule has 0 amide bonds. The van der Waals surface area contributed by atoms with Gasteiger partial charge in [0.15, 0.2) is 0 Å². The predicted molar refractivity (Wildman–Crippen MR) is 73.6 cm³/mol. The van der Waals surface area contributed by atoms with E-state index in [2.05, 4.69) is 13.2 Å². The van der Waals surface area contributed by atoms with Crippen LogP contribution in [0.5, 0.6) is 0 Å². The molecular formula is C15H18O3. The van der Waals surface area contributed by atoms with Crippen LogP contribution in [-0.2, 0) is 11.3 Å². The average molecular weight is 246 g/mol. The maximum absolute atomic E-state index is 10.5. The topological polar surface area (TPSA) is 46.5 Å². The first kappa shape index (κ1) is 15.9. The number of carbonyl (C=O) groups is 1. The first-order chi connectivity index (χ1) is 8.65. The maximum Gasteiger partial charge on any atom is 0.335 e. The molecule has 1 aromatic carbocycles. The minimum atomic E-state index is -0.909. The second-order valence-electron chi connectivity index (χ2n) is 3.29. The van der Waals surface area contributed by atoms with E-state index in [-0.39, 0.29) is 0 Å². The van der Waals surface area contributed by atoms with Crippen LogP contribution in [0.3, 0.4) is 0 Å². The summed E-state index contributed by atoms with van der Waals surface area (Å²) in [5.74, 6) is -0.909. The number of carboxylic acids is 1. The quantitative estimate of drug-likeness (QED) is 0.809. The molecule has 1 N–H and O–H groups in total. The molecule has 0 radical (unpaired) electrons. The number of ether oxygens (including phenoxy) is 1. The molecule has 96 valence electrons. The van der Waals surface area contributed by atoms with Crippen molar-refractivity contribution in [2.75, 3.05) is 7.11 Å². The van der Waals surface area contributed by atoms with Crippen LogP contribution in [0.2, 0.25) is 0 Å². The Morgan fingerprint density at radius 1 is 1.33 bits per heavy atom. The molecular weight excluding hydrogens is 228 g/mol. The summed E-state index contributed by atoms with van der Waals surface area (Å²) < 4.78 is 4.87. The summed E-state index contributed by atoms with van der Waals surface area (Å²) in [7, 11) is 1.58. The van der Waals surface area contributed by atoms with E-state index in [4.69, 9.17) is 9.84 Å². The summed E-state index contributed by atoms with van der Waals surface area (Å²) >= 11 is 0. The van der Waals surface area contributed by atoms with Gasteiger partial charge in [0.2, 0.25) is 0 Å². The molecule has 1 rings (SSSR count). The van der Waals surface area contributed by atoms with Crippen molar-refractivity contribution < 1.29 is 14.6 Å². The zero-order valence-electron chi connectivity index (χ0n) is 10.5. The summed E-state index contributed by atoms with van der Waals surface area (Å²) in [6.45, 7) is 7.37. The molecule has 0 aliphatic rings. The van der Waals surface area contributed by atoms with Crippen LogP contribution in [0.1, 0.15) is 15.9 Å². The van der Waals surface area contributed by atoms with E-state index in [0.29, 0.717) is 12.2 Å². The Bertz CT molecular complexity index is 410. The molecule has 0 spiro atoms. The standard InChI is InChI=1S/C9H10O3.C6H8/c1-12-6-7-3-2-4-8(5-7)9(10)11;1-3-5-6-4-2/h2-5H,6H2,1H3,(H,10,11);3-6H,1-2H2/b;6-5-. The van der Waals surface area contributed by atoms with Gasteiger partial charge < -0.3 is 9.84 Å². The lowest BCUT2D eigenvalue weighted by Crippen LogP contribution is -1.97. The number of aromatic carboxylic acids is 1. The number of rotatable bonds is 5. The molecule has 0 aliphatic carbocycles. The average Bonchev–Trinajstić information content (AvgIpc) is 2.38. The second kappa shape index (κ2) is 10.1. The van der Waals surface area contributed by atoms with Gasteiger partial charge in [-0.25, -0.2) is 4.79 Å². The van der Waals surface area contributed by atoms with Crippen LogP contribution in [0.25, 0.3) is 0 Å². The zero-order chi connectivity index (χ0) is 13.8. The van der Waals surface area contributed by atoms with Crippen molar-refractivity contribution in [3.8, 4) is 0 Å². The van der Waals surface area contributed by atoms with E-state index in [1.54, 1.807) is 37.5 Å². The van der Waals surface area contributed by atoms with Gasteiger partial charge in [0.25, 0.3) is 0 Å². The highest BCUT2D eigenvalue weighted by molar-refractivity contribution is 5.87. The van der Waals surface area contributed by atoms with Crippen molar-refractivity contribution in [3.05, 3.63) is 72.9 Å². The van der Waals surface area contributed by atoms with Crippen molar-refractivity contribution in [3.63, 3.8) is 0 Å². The highest BCUT2D eigenvalue weighted by Crippen LogP contribution is 2.05. The summed E-state index contributed by atoms with van der Waals surface area (Å²) in [6, 6.07) is 6.70. The molecule has 0 heterocycles. The van der Waals surface area contributed by atoms with Crippen molar-refractivity contribution in [1.82, 2.24) is 0 Å². The van der Waals surface area contributed by atoms with Crippen molar-refractivity contribution in [1.29, 1.82) is 0 Å². The lowest BCUT2D eigenvalue weighted by Gasteiger charge is -1.99. The monoisotopic (exact) mass is 246 g/mol. The molecule has 0 bridgehead atoms. The summed E-state index contributed by atoms with van der Waals surface area (Å²) in [4.78, 5) is 10.5. The molecule has 0 fully saturated rings. The lowest BCUT2D eigenvalue weighted by atomic mass is 10.1. The Labute approximate surface area is 108 Å². The Morgan fingerprint density at radius 3 is 2.39 bits per heavy atom. The maximum atomic E-state index is 10.5. The van der Waals surface area contributed by atoms with Crippen molar-refractivity contribution >= 4 is 5.97 Å². The minimum Gasteiger partial charge on any atom is -0.478 e. The Balaban J connectivity index is 0.000000411. The van der Waals surface area contributed by atoms with E-state index in [0.717, 1.165) is 5.56 Å². The number of benzene rings is 1. The van der Waals surface area contributed by atoms with Gasteiger partial charge in [0.1, 0.15) is 0 Å². The first-order valence-corrected chi connectivity index (χ1v) is 5.37. The number of allylic oxidation sites excluding steroid dienone is 4. The van der Waals surface area contributed by atoms with E-state index in [1.807, 2.05) is 18.2 Å². The van der Waals surface area contributed by atoms with Crippen LogP contribution in [0.4, 0.5) is 0 Å². The fourth-order valence-electron chi connectivity index (χ4n) is 1.12. The first-order valence-electron chi connectivity index (χ1n) is 5.37. The summed E-state index contributed by atoms with van der Waals surface area (Å²) in [6.07, 6.45) is 7.07. The highest BCUT2D eigenvalue weighted by atomic mass is 16.5. The molecule has 0 aliphatic heterocycles. The van der Waals surface area contributed by atoms with Crippen LogP contribution in [-0.4, -0.2) is 18.2 Å². The molecule has 0 atom stereocenters. The SMILES string of the molecule is C=C/C=C\C=C.COCc1cccc(C(=O)O)c1. The second-order valence-corrected chi connectivity index (χ2v) is 3.29. The van der Waals surface area contributed by atoms with Gasteiger partial charge in [0.05, 0.1) is 12.2 Å². The highest BCUT2D eigenvalue weighted by Gasteiger charge is 2.01. The number of hydrogen-bond acceptors (Lipinski definition) is 2. The van der Waals surface area contributed by atoms with Gasteiger partial charge in [-0.05, 0) is 17.7 Å². The van der Waals surface area contributed by atoms with Gasteiger partial charge in [-0.3, -0.25) is 0 Å². The predicted octanol–water partition coefficient (Wildman–Crippen LogP) is 3.45. The summed E-state index contributed by atoms with van der Waals surface area (Å²) in [5.41, 5.74) is 1.17. The van der Waals surface area contributed by atoms with E-state index in [9.17, 15) is 4.79 Å². The molecule has 3 nitrogen and oxygen atoms in total. The molecule has 0 unspecified atom stereocenters. The number of carboxylic acid groups (broad SMARTS) is 1. The van der Waals surface area contributed by atoms with Crippen LogP contribution in [0, 0.1) is 0 Å². The summed E-state index contributed by atoms with van der Waals surface area (Å²) in [5, 5.41) is 8.64. The molecule has 0 aromatic heterocycles. The largest absolute Gasteiger partial charge is 0.478 e. The van der Waals surface area contributed by atoms with E-state index >= 15 is 0 Å². The fraction of sp³-hybridized carbons (Fsp3) is 0.133. The van der Waals surface area contributed by atoms with Crippen LogP contribution < -0.4 is 0 Å². The van der Waals surface area contributed by atoms with Gasteiger partial charge in [-0.15, -0.1) is 0 Å². The Hall–Kier alpha value is -2.13. The van der Waals surface area contributed by atoms with Gasteiger partial charge in [-0.1, -0.05) is 49.6 Å². The normalized spacial score (nSPS) is 9.39. The smallest absolute Gasteiger partial charge is 0.335 e. The zero-order valence-corrected chi connectivity index (χ0v) is 10.5. The van der Waals surface area contributed by atoms with Gasteiger partial charge in [0, 0.05) is 7.11 Å². The molecule has 3 heteroatoms.